The fourth-order valence-electron chi connectivity index (χ4n) is 4.36. The quantitative estimate of drug-likeness (QED) is 0.649. The van der Waals surface area contributed by atoms with Crippen LogP contribution in [0.3, 0.4) is 0 Å². The average molecular weight is 378 g/mol. The fourth-order valence-corrected chi connectivity index (χ4v) is 4.36. The Morgan fingerprint density at radius 3 is 2.89 bits per heavy atom. The van der Waals surface area contributed by atoms with Gasteiger partial charge in [0, 0.05) is 55.2 Å². The second-order valence-corrected chi connectivity index (χ2v) is 8.27. The van der Waals surface area contributed by atoms with Gasteiger partial charge in [0.2, 0.25) is 0 Å². The van der Waals surface area contributed by atoms with Crippen molar-refractivity contribution in [3.63, 3.8) is 0 Å². The standard InChI is InChI=1S/C23H31N5/c1-18-7-8-21-20(16-18)22(9-10-24-21)28-13-4-6-19(17-28)23-25-11-15-27(23)14-5-12-26(2)3/h7-11,15-16,19H,4-6,12-14,17H2,1-3H3/t19-/m1/s1. The van der Waals surface area contributed by atoms with E-state index in [9.17, 15) is 0 Å². The van der Waals surface area contributed by atoms with E-state index in [0.717, 1.165) is 38.1 Å². The second-order valence-electron chi connectivity index (χ2n) is 8.27. The van der Waals surface area contributed by atoms with E-state index in [1.54, 1.807) is 0 Å². The fraction of sp³-hybridized carbons (Fsp3) is 0.478. The van der Waals surface area contributed by atoms with Crippen LogP contribution in [0, 0.1) is 6.92 Å². The van der Waals surface area contributed by atoms with Crippen molar-refractivity contribution < 1.29 is 0 Å². The van der Waals surface area contributed by atoms with E-state index in [1.807, 2.05) is 12.4 Å². The van der Waals surface area contributed by atoms with Crippen molar-refractivity contribution in [1.29, 1.82) is 0 Å². The van der Waals surface area contributed by atoms with Crippen LogP contribution in [0.2, 0.25) is 0 Å². The molecule has 5 heteroatoms. The van der Waals surface area contributed by atoms with Crippen LogP contribution in [0.1, 0.15) is 36.6 Å². The van der Waals surface area contributed by atoms with Gasteiger partial charge >= 0.3 is 0 Å². The van der Waals surface area contributed by atoms with Gasteiger partial charge in [-0.25, -0.2) is 4.98 Å². The maximum atomic E-state index is 4.75. The SMILES string of the molecule is Cc1ccc2nccc(N3CCC[C@@H](c4nccn4CCCN(C)C)C3)c2c1. The summed E-state index contributed by atoms with van der Waals surface area (Å²) in [5, 5.41) is 1.26. The molecule has 2 aromatic heterocycles. The number of piperidine rings is 1. The topological polar surface area (TPSA) is 37.2 Å². The normalized spacial score (nSPS) is 17.6. The number of rotatable bonds is 6. The lowest BCUT2D eigenvalue weighted by Gasteiger charge is -2.35. The largest absolute Gasteiger partial charge is 0.370 e. The van der Waals surface area contributed by atoms with Gasteiger partial charge in [-0.1, -0.05) is 11.6 Å². The first-order chi connectivity index (χ1) is 13.6. The van der Waals surface area contributed by atoms with Crippen LogP contribution < -0.4 is 4.90 Å². The molecule has 0 amide bonds. The van der Waals surface area contributed by atoms with E-state index in [-0.39, 0.29) is 0 Å². The van der Waals surface area contributed by atoms with Crippen molar-refractivity contribution in [1.82, 2.24) is 19.4 Å². The third-order valence-electron chi connectivity index (χ3n) is 5.75. The number of nitrogens with zero attached hydrogens (tertiary/aromatic N) is 5. The zero-order chi connectivity index (χ0) is 19.5. The third kappa shape index (κ3) is 4.04. The molecule has 3 aromatic rings. The Kier molecular flexibility index (Phi) is 5.62. The number of imidazole rings is 1. The molecule has 0 aliphatic carbocycles. The van der Waals surface area contributed by atoms with Crippen LogP contribution >= 0.6 is 0 Å². The summed E-state index contributed by atoms with van der Waals surface area (Å²) in [5.41, 5.74) is 3.67. The van der Waals surface area contributed by atoms with E-state index in [4.69, 9.17) is 4.98 Å². The Morgan fingerprint density at radius 1 is 1.14 bits per heavy atom. The molecule has 1 atom stereocenters. The van der Waals surface area contributed by atoms with Gasteiger partial charge < -0.3 is 14.4 Å². The van der Waals surface area contributed by atoms with Gasteiger partial charge in [0.05, 0.1) is 5.52 Å². The van der Waals surface area contributed by atoms with Gasteiger partial charge in [-0.2, -0.15) is 0 Å². The zero-order valence-electron chi connectivity index (χ0n) is 17.3. The Morgan fingerprint density at radius 2 is 2.04 bits per heavy atom. The van der Waals surface area contributed by atoms with Crippen LogP contribution in [-0.4, -0.2) is 53.2 Å². The molecule has 1 saturated heterocycles. The number of benzene rings is 1. The summed E-state index contributed by atoms with van der Waals surface area (Å²) in [4.78, 5) is 14.1. The Labute approximate surface area is 168 Å². The summed E-state index contributed by atoms with van der Waals surface area (Å²) in [7, 11) is 4.27. The number of hydrogen-bond acceptors (Lipinski definition) is 4. The number of fused-ring (bicyclic) bond motifs is 1. The number of aromatic nitrogens is 3. The molecule has 1 aromatic carbocycles. The highest BCUT2D eigenvalue weighted by molar-refractivity contribution is 5.92. The summed E-state index contributed by atoms with van der Waals surface area (Å²) in [6, 6.07) is 8.72. The number of pyridine rings is 1. The summed E-state index contributed by atoms with van der Waals surface area (Å²) in [6.45, 7) is 6.43. The van der Waals surface area contributed by atoms with Crippen LogP contribution in [0.15, 0.2) is 42.9 Å². The lowest BCUT2D eigenvalue weighted by atomic mass is 9.96. The van der Waals surface area contributed by atoms with Crippen molar-refractivity contribution in [2.24, 2.45) is 0 Å². The zero-order valence-corrected chi connectivity index (χ0v) is 17.3. The van der Waals surface area contributed by atoms with E-state index in [0.29, 0.717) is 5.92 Å². The van der Waals surface area contributed by atoms with Gasteiger partial charge in [-0.3, -0.25) is 4.98 Å². The molecule has 5 nitrogen and oxygen atoms in total. The second kappa shape index (κ2) is 8.31. The molecular weight excluding hydrogens is 346 g/mol. The maximum Gasteiger partial charge on any atom is 0.113 e. The molecule has 28 heavy (non-hydrogen) atoms. The minimum Gasteiger partial charge on any atom is -0.370 e. The van der Waals surface area contributed by atoms with Crippen LogP contribution in [-0.2, 0) is 6.54 Å². The monoisotopic (exact) mass is 377 g/mol. The highest BCUT2D eigenvalue weighted by atomic mass is 15.2. The van der Waals surface area contributed by atoms with Crippen LogP contribution in [0.25, 0.3) is 10.9 Å². The summed E-state index contributed by atoms with van der Waals surface area (Å²) in [6.07, 6.45) is 9.62. The summed E-state index contributed by atoms with van der Waals surface area (Å²) < 4.78 is 2.37. The Hall–Kier alpha value is -2.40. The minimum absolute atomic E-state index is 0.483. The molecule has 0 spiro atoms. The molecule has 0 saturated carbocycles. The van der Waals surface area contributed by atoms with Crippen molar-refractivity contribution >= 4 is 16.6 Å². The van der Waals surface area contributed by atoms with E-state index >= 15 is 0 Å². The summed E-state index contributed by atoms with van der Waals surface area (Å²) >= 11 is 0. The van der Waals surface area contributed by atoms with Crippen molar-refractivity contribution in [3.8, 4) is 0 Å². The molecule has 1 aliphatic rings. The first-order valence-corrected chi connectivity index (χ1v) is 10.4. The number of anilines is 1. The van der Waals surface area contributed by atoms with Crippen molar-refractivity contribution in [2.75, 3.05) is 38.6 Å². The van der Waals surface area contributed by atoms with E-state index < -0.39 is 0 Å². The average Bonchev–Trinajstić information content (AvgIpc) is 3.16. The molecule has 0 radical (unpaired) electrons. The first kappa shape index (κ1) is 18.9. The minimum atomic E-state index is 0.483. The highest BCUT2D eigenvalue weighted by Crippen LogP contribution is 2.33. The van der Waals surface area contributed by atoms with Gasteiger partial charge in [-0.15, -0.1) is 0 Å². The lowest BCUT2D eigenvalue weighted by Crippen LogP contribution is -2.35. The molecule has 4 rings (SSSR count). The van der Waals surface area contributed by atoms with Crippen molar-refractivity contribution in [3.05, 3.63) is 54.2 Å². The molecule has 1 aliphatic heterocycles. The predicted octanol–water partition coefficient (Wildman–Crippen LogP) is 4.08. The molecule has 0 unspecified atom stereocenters. The number of aryl methyl sites for hydroxylation is 2. The van der Waals surface area contributed by atoms with Gasteiger partial charge in [0.1, 0.15) is 5.82 Å². The van der Waals surface area contributed by atoms with Gasteiger partial charge in [0.15, 0.2) is 0 Å². The Balaban J connectivity index is 1.55. The lowest BCUT2D eigenvalue weighted by molar-refractivity contribution is 0.380. The van der Waals surface area contributed by atoms with Crippen LogP contribution in [0.4, 0.5) is 5.69 Å². The van der Waals surface area contributed by atoms with Gasteiger partial charge in [-0.05, 0) is 65.0 Å². The third-order valence-corrected chi connectivity index (χ3v) is 5.75. The molecule has 0 N–H and O–H groups in total. The van der Waals surface area contributed by atoms with Crippen molar-refractivity contribution in [2.45, 2.75) is 38.6 Å². The summed E-state index contributed by atoms with van der Waals surface area (Å²) in [5.74, 6) is 1.73. The number of hydrogen-bond donors (Lipinski definition) is 0. The smallest absolute Gasteiger partial charge is 0.113 e. The molecule has 0 bridgehead atoms. The highest BCUT2D eigenvalue weighted by Gasteiger charge is 2.25. The van der Waals surface area contributed by atoms with Crippen LogP contribution in [0.5, 0.6) is 0 Å². The van der Waals surface area contributed by atoms with E-state index in [1.165, 1.54) is 35.3 Å². The van der Waals surface area contributed by atoms with E-state index in [2.05, 4.69) is 70.8 Å². The predicted molar refractivity (Wildman–Crippen MR) is 116 cm³/mol. The molecule has 3 heterocycles. The molecule has 148 valence electrons. The maximum absolute atomic E-state index is 4.75. The molecule has 1 fully saturated rings. The first-order valence-electron chi connectivity index (χ1n) is 10.4. The van der Waals surface area contributed by atoms with Gasteiger partial charge in [0.25, 0.3) is 0 Å². The molecular formula is C23H31N5. The Bertz CT molecular complexity index is 930.